The van der Waals surface area contributed by atoms with E-state index in [0.717, 1.165) is 6.07 Å². The minimum atomic E-state index is -3.58. The third-order valence-electron chi connectivity index (χ3n) is 2.07. The van der Waals surface area contributed by atoms with Crippen molar-refractivity contribution < 1.29 is 13.2 Å². The third-order valence-corrected chi connectivity index (χ3v) is 2.68. The fraction of sp³-hybridized carbons (Fsp3) is 0.333. The van der Waals surface area contributed by atoms with Gasteiger partial charge in [-0.1, -0.05) is 17.7 Å². The average molecular weight is 273 g/mol. The number of hydrogen-bond acceptors (Lipinski definition) is 2. The topological polar surface area (TPSA) is 38.0 Å². The minimum absolute atomic E-state index is 0.0487. The SMILES string of the molecule is NNC(Cc1c(F)cccc1Cl)C(F)(F)Cl. The summed E-state index contributed by atoms with van der Waals surface area (Å²) in [4.78, 5) is 0. The van der Waals surface area contributed by atoms with Crippen molar-refractivity contribution in [1.82, 2.24) is 5.43 Å². The lowest BCUT2D eigenvalue weighted by molar-refractivity contribution is 0.0500. The van der Waals surface area contributed by atoms with Crippen LogP contribution in [-0.2, 0) is 6.42 Å². The van der Waals surface area contributed by atoms with Gasteiger partial charge in [0.15, 0.2) is 0 Å². The van der Waals surface area contributed by atoms with E-state index < -0.39 is 23.7 Å². The second-order valence-electron chi connectivity index (χ2n) is 3.17. The normalized spacial score (nSPS) is 13.9. The maximum absolute atomic E-state index is 13.3. The predicted molar refractivity (Wildman–Crippen MR) is 57.0 cm³/mol. The van der Waals surface area contributed by atoms with Crippen LogP contribution < -0.4 is 11.3 Å². The first-order chi connectivity index (χ1) is 7.36. The highest BCUT2D eigenvalue weighted by Crippen LogP contribution is 2.28. The summed E-state index contributed by atoms with van der Waals surface area (Å²) in [5.74, 6) is 4.25. The molecule has 1 aromatic rings. The van der Waals surface area contributed by atoms with E-state index >= 15 is 0 Å². The molecule has 1 atom stereocenters. The molecule has 0 bridgehead atoms. The third kappa shape index (κ3) is 3.25. The Balaban J connectivity index is 2.95. The van der Waals surface area contributed by atoms with Crippen molar-refractivity contribution in [2.45, 2.75) is 17.8 Å². The van der Waals surface area contributed by atoms with Gasteiger partial charge in [0.2, 0.25) is 0 Å². The molecule has 0 aliphatic carbocycles. The number of benzene rings is 1. The van der Waals surface area contributed by atoms with E-state index in [1.165, 1.54) is 12.1 Å². The van der Waals surface area contributed by atoms with Crippen molar-refractivity contribution in [1.29, 1.82) is 0 Å². The van der Waals surface area contributed by atoms with Gasteiger partial charge in [-0.05, 0) is 23.7 Å². The summed E-state index contributed by atoms with van der Waals surface area (Å²) in [6.07, 6.45) is -0.404. The predicted octanol–water partition coefficient (Wildman–Crippen LogP) is 2.69. The quantitative estimate of drug-likeness (QED) is 0.503. The van der Waals surface area contributed by atoms with E-state index in [-0.39, 0.29) is 10.6 Å². The zero-order chi connectivity index (χ0) is 12.3. The van der Waals surface area contributed by atoms with Crippen LogP contribution in [0.4, 0.5) is 13.2 Å². The van der Waals surface area contributed by atoms with Crippen LogP contribution in [-0.4, -0.2) is 11.4 Å². The molecule has 1 aromatic carbocycles. The molecular formula is C9H9Cl2F3N2. The Kier molecular flexibility index (Phi) is 4.43. The van der Waals surface area contributed by atoms with Crippen molar-refractivity contribution in [3.8, 4) is 0 Å². The molecule has 1 unspecified atom stereocenters. The second kappa shape index (κ2) is 5.23. The van der Waals surface area contributed by atoms with Gasteiger partial charge in [-0.2, -0.15) is 8.78 Å². The zero-order valence-corrected chi connectivity index (χ0v) is 9.50. The molecule has 7 heteroatoms. The van der Waals surface area contributed by atoms with Crippen LogP contribution in [0.1, 0.15) is 5.56 Å². The first kappa shape index (κ1) is 13.6. The minimum Gasteiger partial charge on any atom is -0.271 e. The van der Waals surface area contributed by atoms with E-state index in [2.05, 4.69) is 0 Å². The number of alkyl halides is 3. The van der Waals surface area contributed by atoms with E-state index in [9.17, 15) is 13.2 Å². The van der Waals surface area contributed by atoms with Gasteiger partial charge in [0, 0.05) is 17.0 Å². The highest BCUT2D eigenvalue weighted by molar-refractivity contribution is 6.31. The van der Waals surface area contributed by atoms with E-state index in [0.29, 0.717) is 0 Å². The molecule has 0 fully saturated rings. The number of nitrogens with two attached hydrogens (primary N) is 1. The molecule has 0 radical (unpaired) electrons. The van der Waals surface area contributed by atoms with Crippen molar-refractivity contribution >= 4 is 23.2 Å². The number of hydrazine groups is 1. The molecule has 0 amide bonds. The number of hydrogen-bond donors (Lipinski definition) is 2. The van der Waals surface area contributed by atoms with E-state index in [1.807, 2.05) is 5.43 Å². The zero-order valence-electron chi connectivity index (χ0n) is 7.98. The van der Waals surface area contributed by atoms with Crippen LogP contribution in [0.5, 0.6) is 0 Å². The largest absolute Gasteiger partial charge is 0.338 e. The van der Waals surface area contributed by atoms with Crippen LogP contribution in [0.2, 0.25) is 5.02 Å². The first-order valence-corrected chi connectivity index (χ1v) is 5.07. The van der Waals surface area contributed by atoms with Gasteiger partial charge in [-0.15, -0.1) is 0 Å². The second-order valence-corrected chi connectivity index (χ2v) is 4.08. The summed E-state index contributed by atoms with van der Waals surface area (Å²) in [5.41, 5.74) is 1.79. The maximum atomic E-state index is 13.3. The van der Waals surface area contributed by atoms with E-state index in [1.54, 1.807) is 0 Å². The van der Waals surface area contributed by atoms with Gasteiger partial charge < -0.3 is 0 Å². The molecule has 0 aromatic heterocycles. The summed E-state index contributed by atoms with van der Waals surface area (Å²) < 4.78 is 38.9. The fourth-order valence-corrected chi connectivity index (χ4v) is 1.58. The Hall–Kier alpha value is -0.490. The summed E-state index contributed by atoms with van der Waals surface area (Å²) in [6, 6.07) is 2.31. The van der Waals surface area contributed by atoms with Crippen LogP contribution in [0.3, 0.4) is 0 Å². The summed E-state index contributed by atoms with van der Waals surface area (Å²) in [6.45, 7) is 0. The van der Waals surface area contributed by atoms with Gasteiger partial charge in [-0.25, -0.2) is 9.82 Å². The summed E-state index contributed by atoms with van der Waals surface area (Å²) >= 11 is 10.5. The van der Waals surface area contributed by atoms with Gasteiger partial charge >= 0.3 is 5.38 Å². The molecule has 3 N–H and O–H groups in total. The van der Waals surface area contributed by atoms with Gasteiger partial charge in [0.05, 0.1) is 0 Å². The van der Waals surface area contributed by atoms with Crippen molar-refractivity contribution in [3.63, 3.8) is 0 Å². The van der Waals surface area contributed by atoms with Crippen molar-refractivity contribution in [3.05, 3.63) is 34.6 Å². The average Bonchev–Trinajstić information content (AvgIpc) is 2.15. The lowest BCUT2D eigenvalue weighted by atomic mass is 10.1. The van der Waals surface area contributed by atoms with Crippen LogP contribution in [0, 0.1) is 5.82 Å². The van der Waals surface area contributed by atoms with Crippen LogP contribution >= 0.6 is 23.2 Å². The molecule has 0 spiro atoms. The Labute approximate surface area is 100 Å². The molecular weight excluding hydrogens is 264 g/mol. The Morgan fingerprint density at radius 2 is 2.06 bits per heavy atom. The van der Waals surface area contributed by atoms with Crippen molar-refractivity contribution in [2.24, 2.45) is 5.84 Å². The van der Waals surface area contributed by atoms with Gasteiger partial charge in [-0.3, -0.25) is 5.84 Å². The number of nitrogens with one attached hydrogen (secondary N) is 1. The molecule has 0 aliphatic heterocycles. The lowest BCUT2D eigenvalue weighted by Crippen LogP contribution is -2.47. The molecule has 0 aliphatic rings. The molecule has 0 saturated heterocycles. The maximum Gasteiger partial charge on any atom is 0.338 e. The van der Waals surface area contributed by atoms with Gasteiger partial charge in [0.1, 0.15) is 11.9 Å². The van der Waals surface area contributed by atoms with Crippen LogP contribution in [0.15, 0.2) is 18.2 Å². The Morgan fingerprint density at radius 1 is 1.44 bits per heavy atom. The highest BCUT2D eigenvalue weighted by Gasteiger charge is 2.37. The first-order valence-electron chi connectivity index (χ1n) is 4.32. The Bertz CT molecular complexity index is 348. The molecule has 0 heterocycles. The molecule has 16 heavy (non-hydrogen) atoms. The highest BCUT2D eigenvalue weighted by atomic mass is 35.5. The standard InChI is InChI=1S/C9H9Cl2F3N2/c10-6-2-1-3-7(12)5(6)4-8(16-15)9(11,13)14/h1-3,8,16H,4,15H2. The van der Waals surface area contributed by atoms with Crippen LogP contribution in [0.25, 0.3) is 0 Å². The van der Waals surface area contributed by atoms with Gasteiger partial charge in [0.25, 0.3) is 0 Å². The molecule has 2 nitrogen and oxygen atoms in total. The fourth-order valence-electron chi connectivity index (χ4n) is 1.20. The molecule has 0 saturated carbocycles. The lowest BCUT2D eigenvalue weighted by Gasteiger charge is -2.21. The van der Waals surface area contributed by atoms with Crippen molar-refractivity contribution in [2.75, 3.05) is 0 Å². The number of rotatable bonds is 4. The summed E-state index contributed by atoms with van der Waals surface area (Å²) in [5, 5.41) is -3.53. The molecule has 90 valence electrons. The summed E-state index contributed by atoms with van der Waals surface area (Å²) in [7, 11) is 0. The smallest absolute Gasteiger partial charge is 0.271 e. The monoisotopic (exact) mass is 272 g/mol. The number of halogens is 5. The van der Waals surface area contributed by atoms with E-state index in [4.69, 9.17) is 29.0 Å². The molecule has 1 rings (SSSR count). The Morgan fingerprint density at radius 3 is 2.50 bits per heavy atom.